The Morgan fingerprint density at radius 3 is 2.05 bits per heavy atom. The van der Waals surface area contributed by atoms with Crippen LogP contribution in [-0.4, -0.2) is 17.7 Å². The van der Waals surface area contributed by atoms with E-state index >= 15 is 0 Å². The molecule has 0 aliphatic carbocycles. The second kappa shape index (κ2) is 5.34. The predicted molar refractivity (Wildman–Crippen MR) is 78.8 cm³/mol. The van der Waals surface area contributed by atoms with E-state index in [9.17, 15) is 9.59 Å². The monoisotopic (exact) mass is 310 g/mol. The average molecular weight is 311 g/mol. The Labute approximate surface area is 129 Å². The van der Waals surface area contributed by atoms with E-state index in [4.69, 9.17) is 21.1 Å². The number of esters is 2. The number of carbonyl (C=O) groups excluding carboxylic acids is 2. The number of hydrogen-bond donors (Lipinski definition) is 0. The van der Waals surface area contributed by atoms with Crippen LogP contribution >= 0.6 is 11.6 Å². The highest BCUT2D eigenvalue weighted by Gasteiger charge is 2.52. The minimum absolute atomic E-state index is 0.546. The second-order valence-corrected chi connectivity index (χ2v) is 6.39. The van der Waals surface area contributed by atoms with Crippen LogP contribution in [-0.2, 0) is 24.5 Å². The second-order valence-electron chi connectivity index (χ2n) is 5.95. The molecule has 1 saturated heterocycles. The van der Waals surface area contributed by atoms with Crippen LogP contribution in [0.3, 0.4) is 0 Å². The standard InChI is InChI=1S/C16H19ClO4/c1-5-16(4,10-6-8-11(17)9-7-10)12-13(18)20-15(2,3)21-14(12)19/h6-9,12H,5H2,1-4H3/t16-/m0/s1. The van der Waals surface area contributed by atoms with Gasteiger partial charge >= 0.3 is 11.9 Å². The van der Waals surface area contributed by atoms with Gasteiger partial charge in [-0.15, -0.1) is 0 Å². The lowest BCUT2D eigenvalue weighted by Crippen LogP contribution is -2.53. The number of carbonyl (C=O) groups is 2. The SMILES string of the molecule is CC[C@@](C)(c1ccc(Cl)cc1)C1C(=O)OC(C)(C)OC1=O. The van der Waals surface area contributed by atoms with Crippen LogP contribution in [0.1, 0.15) is 39.7 Å². The minimum atomic E-state index is -1.21. The van der Waals surface area contributed by atoms with Gasteiger partial charge in [-0.25, -0.2) is 0 Å². The molecule has 1 aliphatic heterocycles. The van der Waals surface area contributed by atoms with Crippen LogP contribution in [0, 0.1) is 5.92 Å². The number of benzene rings is 1. The first kappa shape index (κ1) is 15.8. The average Bonchev–Trinajstić information content (AvgIpc) is 2.36. The van der Waals surface area contributed by atoms with E-state index in [-0.39, 0.29) is 0 Å². The topological polar surface area (TPSA) is 52.6 Å². The fraction of sp³-hybridized carbons (Fsp3) is 0.500. The molecule has 0 radical (unpaired) electrons. The summed E-state index contributed by atoms with van der Waals surface area (Å²) in [6.07, 6.45) is 0.587. The van der Waals surface area contributed by atoms with Gasteiger partial charge in [0.25, 0.3) is 5.79 Å². The molecule has 1 atom stereocenters. The van der Waals surface area contributed by atoms with E-state index in [0.717, 1.165) is 5.56 Å². The molecule has 1 heterocycles. The van der Waals surface area contributed by atoms with E-state index in [1.807, 2.05) is 26.0 Å². The molecule has 114 valence electrons. The van der Waals surface area contributed by atoms with Gasteiger partial charge in [0.1, 0.15) is 0 Å². The molecule has 21 heavy (non-hydrogen) atoms. The molecule has 1 fully saturated rings. The first-order valence-corrected chi connectivity index (χ1v) is 7.29. The third kappa shape index (κ3) is 2.91. The van der Waals surface area contributed by atoms with Crippen molar-refractivity contribution in [3.63, 3.8) is 0 Å². The maximum atomic E-state index is 12.3. The van der Waals surface area contributed by atoms with E-state index in [0.29, 0.717) is 11.4 Å². The van der Waals surface area contributed by atoms with Gasteiger partial charge in [0, 0.05) is 24.3 Å². The number of rotatable bonds is 3. The molecule has 1 aromatic rings. The van der Waals surface area contributed by atoms with E-state index < -0.39 is 29.1 Å². The lowest BCUT2D eigenvalue weighted by atomic mass is 9.69. The summed E-state index contributed by atoms with van der Waals surface area (Å²) in [5, 5.41) is 0.604. The molecule has 4 nitrogen and oxygen atoms in total. The molecule has 0 aromatic heterocycles. The van der Waals surface area contributed by atoms with E-state index in [1.165, 1.54) is 0 Å². The number of cyclic esters (lactones) is 2. The lowest BCUT2D eigenvalue weighted by Gasteiger charge is -2.41. The highest BCUT2D eigenvalue weighted by atomic mass is 35.5. The zero-order valence-electron chi connectivity index (χ0n) is 12.6. The summed E-state index contributed by atoms with van der Waals surface area (Å²) in [5.41, 5.74) is 0.155. The summed E-state index contributed by atoms with van der Waals surface area (Å²) < 4.78 is 10.5. The molecule has 1 aromatic carbocycles. The largest absolute Gasteiger partial charge is 0.422 e. The van der Waals surface area contributed by atoms with Crippen molar-refractivity contribution in [2.75, 3.05) is 0 Å². The fourth-order valence-corrected chi connectivity index (χ4v) is 2.77. The van der Waals surface area contributed by atoms with Crippen molar-refractivity contribution in [2.45, 2.75) is 45.3 Å². The molecule has 0 saturated carbocycles. The van der Waals surface area contributed by atoms with E-state index in [2.05, 4.69) is 0 Å². The molecule has 1 aliphatic rings. The van der Waals surface area contributed by atoms with Crippen molar-refractivity contribution >= 4 is 23.5 Å². The van der Waals surface area contributed by atoms with Crippen LogP contribution in [0.4, 0.5) is 0 Å². The Hall–Kier alpha value is -1.55. The Balaban J connectivity index is 2.42. The molecule has 0 N–H and O–H groups in total. The zero-order chi connectivity index (χ0) is 15.8. The fourth-order valence-electron chi connectivity index (χ4n) is 2.65. The Bertz CT molecular complexity index is 544. The van der Waals surface area contributed by atoms with Crippen molar-refractivity contribution in [2.24, 2.45) is 5.92 Å². The van der Waals surface area contributed by atoms with Crippen LogP contribution < -0.4 is 0 Å². The van der Waals surface area contributed by atoms with Crippen LogP contribution in [0.5, 0.6) is 0 Å². The van der Waals surface area contributed by atoms with Gasteiger partial charge in [-0.05, 0) is 24.1 Å². The number of hydrogen-bond acceptors (Lipinski definition) is 4. The van der Waals surface area contributed by atoms with Crippen molar-refractivity contribution in [1.29, 1.82) is 0 Å². The third-order valence-corrected chi connectivity index (χ3v) is 4.29. The van der Waals surface area contributed by atoms with Crippen molar-refractivity contribution in [1.82, 2.24) is 0 Å². The van der Waals surface area contributed by atoms with Crippen molar-refractivity contribution < 1.29 is 19.1 Å². The molecule has 0 bridgehead atoms. The summed E-state index contributed by atoms with van der Waals surface area (Å²) in [6.45, 7) is 6.88. The molecule has 0 spiro atoms. The summed E-state index contributed by atoms with van der Waals surface area (Å²) in [5.74, 6) is -3.28. The van der Waals surface area contributed by atoms with Gasteiger partial charge in [0.05, 0.1) is 0 Å². The Kier molecular flexibility index (Phi) is 4.02. The summed E-state index contributed by atoms with van der Waals surface area (Å²) in [4.78, 5) is 24.6. The number of halogens is 1. The maximum Gasteiger partial charge on any atom is 0.324 e. The van der Waals surface area contributed by atoms with Gasteiger partial charge in [-0.2, -0.15) is 0 Å². The quantitative estimate of drug-likeness (QED) is 0.634. The van der Waals surface area contributed by atoms with Crippen LogP contribution in [0.25, 0.3) is 0 Å². The summed E-state index contributed by atoms with van der Waals surface area (Å²) in [6, 6.07) is 7.14. The van der Waals surface area contributed by atoms with Gasteiger partial charge < -0.3 is 9.47 Å². The van der Waals surface area contributed by atoms with Gasteiger partial charge in [-0.3, -0.25) is 9.59 Å². The molecular formula is C16H19ClO4. The maximum absolute atomic E-state index is 12.3. The smallest absolute Gasteiger partial charge is 0.324 e. The highest BCUT2D eigenvalue weighted by Crippen LogP contribution is 2.40. The molecule has 2 rings (SSSR count). The Morgan fingerprint density at radius 2 is 1.62 bits per heavy atom. The van der Waals surface area contributed by atoms with Gasteiger partial charge in [0.2, 0.25) is 0 Å². The molecule has 5 heteroatoms. The molecule has 0 amide bonds. The first-order chi connectivity index (χ1) is 9.69. The number of ether oxygens (including phenoxy) is 2. The lowest BCUT2D eigenvalue weighted by molar-refractivity contribution is -0.243. The minimum Gasteiger partial charge on any atom is -0.422 e. The molecular weight excluding hydrogens is 292 g/mol. The van der Waals surface area contributed by atoms with Crippen molar-refractivity contribution in [3.05, 3.63) is 34.9 Å². The van der Waals surface area contributed by atoms with Crippen LogP contribution in [0.15, 0.2) is 24.3 Å². The normalized spacial score (nSPS) is 21.4. The Morgan fingerprint density at radius 1 is 1.14 bits per heavy atom. The van der Waals surface area contributed by atoms with Crippen molar-refractivity contribution in [3.8, 4) is 0 Å². The summed E-state index contributed by atoms with van der Waals surface area (Å²) >= 11 is 5.90. The van der Waals surface area contributed by atoms with Gasteiger partial charge in [-0.1, -0.05) is 37.6 Å². The van der Waals surface area contributed by atoms with Crippen LogP contribution in [0.2, 0.25) is 5.02 Å². The summed E-state index contributed by atoms with van der Waals surface area (Å²) in [7, 11) is 0. The zero-order valence-corrected chi connectivity index (χ0v) is 13.4. The predicted octanol–water partition coefficient (Wildman–Crippen LogP) is 3.46. The third-order valence-electron chi connectivity index (χ3n) is 4.04. The first-order valence-electron chi connectivity index (χ1n) is 6.91. The van der Waals surface area contributed by atoms with E-state index in [1.54, 1.807) is 26.0 Å². The highest BCUT2D eigenvalue weighted by molar-refractivity contribution is 6.30. The molecule has 0 unspecified atom stereocenters. The van der Waals surface area contributed by atoms with Gasteiger partial charge in [0.15, 0.2) is 5.92 Å².